The van der Waals surface area contributed by atoms with Gasteiger partial charge in [-0.2, -0.15) is 11.8 Å². The summed E-state index contributed by atoms with van der Waals surface area (Å²) in [6, 6.07) is 0. The van der Waals surface area contributed by atoms with Crippen molar-refractivity contribution < 1.29 is 9.84 Å². The van der Waals surface area contributed by atoms with Crippen LogP contribution < -0.4 is 5.32 Å². The molecule has 3 nitrogen and oxygen atoms in total. The number of ether oxygens (including phenoxy) is 1. The van der Waals surface area contributed by atoms with Crippen LogP contribution in [-0.2, 0) is 4.74 Å². The SMILES string of the molecule is CCNC(C)(CO)CCCSC1CCOCC1. The summed E-state index contributed by atoms with van der Waals surface area (Å²) in [7, 11) is 0. The minimum absolute atomic E-state index is 0.0923. The Kier molecular flexibility index (Phi) is 7.51. The predicted molar refractivity (Wildman–Crippen MR) is 74.7 cm³/mol. The second-order valence-electron chi connectivity index (χ2n) is 5.04. The van der Waals surface area contributed by atoms with Crippen LogP contribution in [-0.4, -0.2) is 48.0 Å². The van der Waals surface area contributed by atoms with Crippen LogP contribution in [0.2, 0.25) is 0 Å². The molecule has 0 radical (unpaired) electrons. The molecule has 1 heterocycles. The van der Waals surface area contributed by atoms with Crippen molar-refractivity contribution >= 4 is 11.8 Å². The van der Waals surface area contributed by atoms with E-state index in [1.54, 1.807) is 0 Å². The van der Waals surface area contributed by atoms with Gasteiger partial charge in [-0.25, -0.2) is 0 Å². The van der Waals surface area contributed by atoms with Crippen LogP contribution in [0.5, 0.6) is 0 Å². The maximum absolute atomic E-state index is 9.38. The molecule has 1 fully saturated rings. The third kappa shape index (κ3) is 6.09. The van der Waals surface area contributed by atoms with Gasteiger partial charge in [0, 0.05) is 24.0 Å². The van der Waals surface area contributed by atoms with Crippen molar-refractivity contribution in [2.24, 2.45) is 0 Å². The Morgan fingerprint density at radius 3 is 2.71 bits per heavy atom. The van der Waals surface area contributed by atoms with Gasteiger partial charge in [0.05, 0.1) is 6.61 Å². The Bertz CT molecular complexity index is 198. The minimum atomic E-state index is -0.0923. The summed E-state index contributed by atoms with van der Waals surface area (Å²) in [5.74, 6) is 1.20. The lowest BCUT2D eigenvalue weighted by atomic mass is 9.97. The van der Waals surface area contributed by atoms with Crippen LogP contribution in [0.1, 0.15) is 39.5 Å². The first kappa shape index (κ1) is 15.3. The van der Waals surface area contributed by atoms with Crippen molar-refractivity contribution in [2.45, 2.75) is 50.3 Å². The van der Waals surface area contributed by atoms with Crippen LogP contribution in [0.4, 0.5) is 0 Å². The van der Waals surface area contributed by atoms with Crippen molar-refractivity contribution in [3.05, 3.63) is 0 Å². The first-order chi connectivity index (χ1) is 8.20. The average Bonchev–Trinajstić information content (AvgIpc) is 2.36. The highest BCUT2D eigenvalue weighted by atomic mass is 32.2. The van der Waals surface area contributed by atoms with E-state index in [4.69, 9.17) is 4.74 Å². The molecule has 1 aliphatic heterocycles. The molecule has 4 heteroatoms. The molecule has 17 heavy (non-hydrogen) atoms. The van der Waals surface area contributed by atoms with Crippen molar-refractivity contribution in [3.8, 4) is 0 Å². The fourth-order valence-corrected chi connectivity index (χ4v) is 3.38. The van der Waals surface area contributed by atoms with E-state index in [0.29, 0.717) is 0 Å². The molecule has 0 saturated carbocycles. The van der Waals surface area contributed by atoms with Crippen LogP contribution in [0.15, 0.2) is 0 Å². The molecule has 0 aromatic carbocycles. The first-order valence-electron chi connectivity index (χ1n) is 6.75. The van der Waals surface area contributed by atoms with E-state index >= 15 is 0 Å². The number of hydrogen-bond donors (Lipinski definition) is 2. The Balaban J connectivity index is 2.09. The normalized spacial score (nSPS) is 21.4. The quantitative estimate of drug-likeness (QED) is 0.656. The zero-order valence-electron chi connectivity index (χ0n) is 11.2. The van der Waals surface area contributed by atoms with E-state index in [1.807, 2.05) is 0 Å². The Morgan fingerprint density at radius 1 is 1.41 bits per heavy atom. The van der Waals surface area contributed by atoms with Gasteiger partial charge in [0.2, 0.25) is 0 Å². The van der Waals surface area contributed by atoms with Gasteiger partial charge in [-0.3, -0.25) is 0 Å². The maximum Gasteiger partial charge on any atom is 0.0610 e. The number of rotatable bonds is 8. The molecule has 0 bridgehead atoms. The molecular weight excluding hydrogens is 234 g/mol. The van der Waals surface area contributed by atoms with E-state index in [1.165, 1.54) is 25.0 Å². The number of aliphatic hydroxyl groups excluding tert-OH is 1. The highest BCUT2D eigenvalue weighted by molar-refractivity contribution is 7.99. The molecule has 0 amide bonds. The van der Waals surface area contributed by atoms with Crippen molar-refractivity contribution in [2.75, 3.05) is 32.1 Å². The van der Waals surface area contributed by atoms with E-state index in [9.17, 15) is 5.11 Å². The highest BCUT2D eigenvalue weighted by Crippen LogP contribution is 2.24. The average molecular weight is 261 g/mol. The Labute approximate surface area is 110 Å². The zero-order chi connectivity index (χ0) is 12.6. The number of hydrogen-bond acceptors (Lipinski definition) is 4. The Hall–Kier alpha value is 0.230. The molecule has 0 spiro atoms. The van der Waals surface area contributed by atoms with Crippen molar-refractivity contribution in [1.29, 1.82) is 0 Å². The van der Waals surface area contributed by atoms with Gasteiger partial charge >= 0.3 is 0 Å². The van der Waals surface area contributed by atoms with Crippen molar-refractivity contribution in [1.82, 2.24) is 5.32 Å². The highest BCUT2D eigenvalue weighted by Gasteiger charge is 2.21. The molecule has 0 aliphatic carbocycles. The minimum Gasteiger partial charge on any atom is -0.394 e. The molecule has 1 saturated heterocycles. The van der Waals surface area contributed by atoms with Crippen LogP contribution >= 0.6 is 11.8 Å². The maximum atomic E-state index is 9.38. The summed E-state index contributed by atoms with van der Waals surface area (Å²) in [6.07, 6.45) is 4.63. The predicted octanol–water partition coefficient (Wildman–Crippen LogP) is 2.04. The molecule has 0 aromatic heterocycles. The van der Waals surface area contributed by atoms with Crippen LogP contribution in [0, 0.1) is 0 Å². The molecule has 1 rings (SSSR count). The summed E-state index contributed by atoms with van der Waals surface area (Å²) >= 11 is 2.08. The molecule has 0 aromatic rings. The number of nitrogens with one attached hydrogen (secondary N) is 1. The fraction of sp³-hybridized carbons (Fsp3) is 1.00. The number of thioether (sulfide) groups is 1. The molecule has 2 N–H and O–H groups in total. The summed E-state index contributed by atoms with van der Waals surface area (Å²) in [6.45, 7) is 7.21. The number of likely N-dealkylation sites (N-methyl/N-ethyl adjacent to an activating group) is 1. The second-order valence-corrected chi connectivity index (χ2v) is 6.44. The smallest absolute Gasteiger partial charge is 0.0610 e. The fourth-order valence-electron chi connectivity index (χ4n) is 2.21. The lowest BCUT2D eigenvalue weighted by Crippen LogP contribution is -2.45. The van der Waals surface area contributed by atoms with Gasteiger partial charge in [0.15, 0.2) is 0 Å². The van der Waals surface area contributed by atoms with E-state index in [2.05, 4.69) is 30.9 Å². The third-order valence-corrected chi connectivity index (χ3v) is 4.81. The van der Waals surface area contributed by atoms with E-state index in [-0.39, 0.29) is 12.1 Å². The molecule has 1 unspecified atom stereocenters. The van der Waals surface area contributed by atoms with E-state index < -0.39 is 0 Å². The first-order valence-corrected chi connectivity index (χ1v) is 7.80. The van der Waals surface area contributed by atoms with Gasteiger partial charge in [0.1, 0.15) is 0 Å². The van der Waals surface area contributed by atoms with Gasteiger partial charge in [-0.15, -0.1) is 0 Å². The largest absolute Gasteiger partial charge is 0.394 e. The van der Waals surface area contributed by atoms with Gasteiger partial charge in [-0.1, -0.05) is 6.92 Å². The lowest BCUT2D eigenvalue weighted by molar-refractivity contribution is 0.1000. The van der Waals surface area contributed by atoms with Gasteiger partial charge in [-0.05, 0) is 44.9 Å². The monoisotopic (exact) mass is 261 g/mol. The van der Waals surface area contributed by atoms with Gasteiger partial charge < -0.3 is 15.2 Å². The van der Waals surface area contributed by atoms with E-state index in [0.717, 1.165) is 31.4 Å². The van der Waals surface area contributed by atoms with Gasteiger partial charge in [0.25, 0.3) is 0 Å². The lowest BCUT2D eigenvalue weighted by Gasteiger charge is -2.28. The van der Waals surface area contributed by atoms with Crippen LogP contribution in [0.3, 0.4) is 0 Å². The summed E-state index contributed by atoms with van der Waals surface area (Å²) in [4.78, 5) is 0. The Morgan fingerprint density at radius 2 is 2.12 bits per heavy atom. The second kappa shape index (κ2) is 8.35. The van der Waals surface area contributed by atoms with Crippen LogP contribution in [0.25, 0.3) is 0 Å². The topological polar surface area (TPSA) is 41.5 Å². The molecular formula is C13H27NO2S. The summed E-state index contributed by atoms with van der Waals surface area (Å²) < 4.78 is 5.35. The molecule has 1 aliphatic rings. The molecule has 1 atom stereocenters. The zero-order valence-corrected chi connectivity index (χ0v) is 12.0. The number of aliphatic hydroxyl groups is 1. The third-order valence-electron chi connectivity index (χ3n) is 3.35. The van der Waals surface area contributed by atoms with Crippen molar-refractivity contribution in [3.63, 3.8) is 0 Å². The molecule has 102 valence electrons. The standard InChI is InChI=1S/C13H27NO2S/c1-3-14-13(2,11-15)7-4-10-17-12-5-8-16-9-6-12/h12,14-15H,3-11H2,1-2H3. The summed E-state index contributed by atoms with van der Waals surface area (Å²) in [5, 5.41) is 13.5. The summed E-state index contributed by atoms with van der Waals surface area (Å²) in [5.41, 5.74) is -0.0923.